The minimum absolute atomic E-state index is 0.244. The smallest absolute Gasteiger partial charge is 0.242 e. The Labute approximate surface area is 127 Å². The van der Waals surface area contributed by atoms with E-state index in [0.29, 0.717) is 16.3 Å². The molecule has 7 heteroatoms. The van der Waals surface area contributed by atoms with Crippen LogP contribution in [0, 0.1) is 6.92 Å². The molecule has 2 aromatic rings. The highest BCUT2D eigenvalue weighted by molar-refractivity contribution is 7.89. The van der Waals surface area contributed by atoms with Crippen molar-refractivity contribution in [2.75, 3.05) is 0 Å². The Balaban J connectivity index is 2.17. The van der Waals surface area contributed by atoms with E-state index in [-0.39, 0.29) is 6.54 Å². The molecule has 2 aromatic heterocycles. The van der Waals surface area contributed by atoms with Gasteiger partial charge in [-0.2, -0.15) is 0 Å². The summed E-state index contributed by atoms with van der Waals surface area (Å²) in [6.07, 6.45) is 0.971. The standard InChI is InChI=1S/C13H18N2O2S3/c1-3-10-4-5-11(19-10)7-15-20(16,17)13-9(2)8-18-12(13)6-14/h4-5,8,15H,3,6-7,14H2,1-2H3. The Morgan fingerprint density at radius 1 is 1.30 bits per heavy atom. The van der Waals surface area contributed by atoms with E-state index in [1.807, 2.05) is 17.5 Å². The molecule has 0 saturated heterocycles. The van der Waals surface area contributed by atoms with E-state index in [1.54, 1.807) is 18.3 Å². The molecule has 110 valence electrons. The van der Waals surface area contributed by atoms with E-state index in [2.05, 4.69) is 11.6 Å². The predicted molar refractivity (Wildman–Crippen MR) is 84.7 cm³/mol. The fraction of sp³-hybridized carbons (Fsp3) is 0.385. The number of hydrogen-bond acceptors (Lipinski definition) is 5. The van der Waals surface area contributed by atoms with Crippen molar-refractivity contribution in [1.82, 2.24) is 4.72 Å². The van der Waals surface area contributed by atoms with Crippen molar-refractivity contribution in [1.29, 1.82) is 0 Å². The molecule has 20 heavy (non-hydrogen) atoms. The molecule has 3 N–H and O–H groups in total. The number of nitrogens with two attached hydrogens (primary N) is 1. The maximum Gasteiger partial charge on any atom is 0.242 e. The van der Waals surface area contributed by atoms with Gasteiger partial charge >= 0.3 is 0 Å². The van der Waals surface area contributed by atoms with Crippen LogP contribution < -0.4 is 10.5 Å². The molecule has 4 nitrogen and oxygen atoms in total. The van der Waals surface area contributed by atoms with Crippen molar-refractivity contribution in [3.05, 3.63) is 37.7 Å². The van der Waals surface area contributed by atoms with Gasteiger partial charge in [-0.15, -0.1) is 22.7 Å². The van der Waals surface area contributed by atoms with Crippen LogP contribution in [-0.4, -0.2) is 8.42 Å². The lowest BCUT2D eigenvalue weighted by molar-refractivity contribution is 0.580. The zero-order valence-corrected chi connectivity index (χ0v) is 13.9. The van der Waals surface area contributed by atoms with E-state index >= 15 is 0 Å². The second kappa shape index (κ2) is 6.36. The SMILES string of the molecule is CCc1ccc(CNS(=O)(=O)c2c(C)csc2CN)s1. The summed E-state index contributed by atoms with van der Waals surface area (Å²) in [4.78, 5) is 3.33. The number of rotatable bonds is 6. The molecule has 0 unspecified atom stereocenters. The molecule has 0 atom stereocenters. The zero-order valence-electron chi connectivity index (χ0n) is 11.5. The summed E-state index contributed by atoms with van der Waals surface area (Å²) in [7, 11) is -3.50. The number of aryl methyl sites for hydroxylation is 2. The normalized spacial score (nSPS) is 11.9. The van der Waals surface area contributed by atoms with Gasteiger partial charge in [0.05, 0.1) is 0 Å². The van der Waals surface area contributed by atoms with E-state index in [4.69, 9.17) is 5.73 Å². The average Bonchev–Trinajstić information content (AvgIpc) is 3.02. The lowest BCUT2D eigenvalue weighted by atomic mass is 10.3. The van der Waals surface area contributed by atoms with Crippen LogP contribution in [0.25, 0.3) is 0 Å². The van der Waals surface area contributed by atoms with Crippen LogP contribution in [0.1, 0.15) is 27.1 Å². The van der Waals surface area contributed by atoms with Gasteiger partial charge in [-0.3, -0.25) is 0 Å². The quantitative estimate of drug-likeness (QED) is 0.855. The Morgan fingerprint density at radius 3 is 2.60 bits per heavy atom. The minimum Gasteiger partial charge on any atom is -0.326 e. The van der Waals surface area contributed by atoms with Gasteiger partial charge in [0.25, 0.3) is 0 Å². The topological polar surface area (TPSA) is 72.2 Å². The maximum absolute atomic E-state index is 12.4. The van der Waals surface area contributed by atoms with Gasteiger partial charge in [0.2, 0.25) is 10.0 Å². The van der Waals surface area contributed by atoms with Crippen LogP contribution in [0.5, 0.6) is 0 Å². The number of thiophene rings is 2. The van der Waals surface area contributed by atoms with E-state index in [1.165, 1.54) is 16.2 Å². The van der Waals surface area contributed by atoms with Crippen molar-refractivity contribution in [3.63, 3.8) is 0 Å². The van der Waals surface area contributed by atoms with Crippen LogP contribution in [0.15, 0.2) is 22.4 Å². The highest BCUT2D eigenvalue weighted by atomic mass is 32.2. The molecule has 2 heterocycles. The first-order valence-corrected chi connectivity index (χ1v) is 9.50. The zero-order chi connectivity index (χ0) is 14.8. The lowest BCUT2D eigenvalue weighted by Gasteiger charge is -2.07. The molecule has 0 amide bonds. The maximum atomic E-state index is 12.4. The summed E-state index contributed by atoms with van der Waals surface area (Å²) >= 11 is 3.03. The third-order valence-corrected chi connectivity index (χ3v) is 7.06. The predicted octanol–water partition coefficient (Wildman–Crippen LogP) is 2.62. The summed E-state index contributed by atoms with van der Waals surface area (Å²) in [5.74, 6) is 0. The van der Waals surface area contributed by atoms with Gasteiger partial charge in [-0.25, -0.2) is 13.1 Å². The molecule has 0 aliphatic carbocycles. The van der Waals surface area contributed by atoms with E-state index in [9.17, 15) is 8.42 Å². The van der Waals surface area contributed by atoms with Crippen LogP contribution in [0.4, 0.5) is 0 Å². The van der Waals surface area contributed by atoms with Gasteiger partial charge in [-0.1, -0.05) is 6.92 Å². The summed E-state index contributed by atoms with van der Waals surface area (Å²) in [5.41, 5.74) is 6.36. The first-order chi connectivity index (χ1) is 9.47. The van der Waals surface area contributed by atoms with Crippen LogP contribution >= 0.6 is 22.7 Å². The molecule has 0 aromatic carbocycles. The monoisotopic (exact) mass is 330 g/mol. The highest BCUT2D eigenvalue weighted by Crippen LogP contribution is 2.26. The van der Waals surface area contributed by atoms with Gasteiger partial charge in [0, 0.05) is 27.7 Å². The molecular formula is C13H18N2O2S3. The van der Waals surface area contributed by atoms with Gasteiger partial charge in [0.15, 0.2) is 0 Å². The van der Waals surface area contributed by atoms with Crippen LogP contribution in [0.2, 0.25) is 0 Å². The fourth-order valence-electron chi connectivity index (χ4n) is 1.93. The molecule has 0 aliphatic heterocycles. The fourth-order valence-corrected chi connectivity index (χ4v) is 5.63. The molecular weight excluding hydrogens is 312 g/mol. The van der Waals surface area contributed by atoms with Crippen molar-refractivity contribution in [3.8, 4) is 0 Å². The minimum atomic E-state index is -3.50. The van der Waals surface area contributed by atoms with Crippen LogP contribution in [-0.2, 0) is 29.5 Å². The second-order valence-corrected chi connectivity index (χ2v) is 8.34. The Bertz CT molecular complexity index is 686. The summed E-state index contributed by atoms with van der Waals surface area (Å²) in [5, 5.41) is 1.83. The van der Waals surface area contributed by atoms with Crippen molar-refractivity contribution in [2.45, 2.75) is 38.3 Å². The molecule has 0 saturated carbocycles. The first-order valence-electron chi connectivity index (χ1n) is 6.32. The second-order valence-electron chi connectivity index (χ2n) is 4.42. The highest BCUT2D eigenvalue weighted by Gasteiger charge is 2.22. The summed E-state index contributed by atoms with van der Waals surface area (Å²) in [6, 6.07) is 4.01. The number of sulfonamides is 1. The van der Waals surface area contributed by atoms with Crippen LogP contribution in [0.3, 0.4) is 0 Å². The van der Waals surface area contributed by atoms with Crippen molar-refractivity contribution in [2.24, 2.45) is 5.73 Å². The number of hydrogen-bond donors (Lipinski definition) is 2. The van der Waals surface area contributed by atoms with Gasteiger partial charge in [0.1, 0.15) is 4.90 Å². The van der Waals surface area contributed by atoms with E-state index in [0.717, 1.165) is 16.9 Å². The summed E-state index contributed by atoms with van der Waals surface area (Å²) < 4.78 is 27.4. The Kier molecular flexibility index (Phi) is 4.98. The molecule has 0 aliphatic rings. The van der Waals surface area contributed by atoms with Gasteiger partial charge in [-0.05, 0) is 36.4 Å². The van der Waals surface area contributed by atoms with E-state index < -0.39 is 10.0 Å². The average molecular weight is 331 g/mol. The van der Waals surface area contributed by atoms with Gasteiger partial charge < -0.3 is 5.73 Å². The first kappa shape index (κ1) is 15.7. The van der Waals surface area contributed by atoms with Crippen molar-refractivity contribution < 1.29 is 8.42 Å². The molecule has 2 rings (SSSR count). The third-order valence-electron chi connectivity index (χ3n) is 2.95. The number of nitrogens with one attached hydrogen (secondary N) is 1. The Hall–Kier alpha value is -0.730. The third kappa shape index (κ3) is 3.29. The molecule has 0 radical (unpaired) electrons. The molecule has 0 fully saturated rings. The molecule has 0 bridgehead atoms. The Morgan fingerprint density at radius 2 is 2.00 bits per heavy atom. The van der Waals surface area contributed by atoms with Crippen molar-refractivity contribution >= 4 is 32.7 Å². The molecule has 0 spiro atoms. The summed E-state index contributed by atoms with van der Waals surface area (Å²) in [6.45, 7) is 4.45. The lowest BCUT2D eigenvalue weighted by Crippen LogP contribution is -2.24. The largest absolute Gasteiger partial charge is 0.326 e.